The van der Waals surface area contributed by atoms with Crippen molar-refractivity contribution in [1.29, 1.82) is 0 Å². The van der Waals surface area contributed by atoms with Crippen LogP contribution in [0.3, 0.4) is 0 Å². The van der Waals surface area contributed by atoms with E-state index in [1.54, 1.807) is 0 Å². The van der Waals surface area contributed by atoms with Gasteiger partial charge in [0.1, 0.15) is 4.99 Å². The number of hydrogen-bond acceptors (Lipinski definition) is 2. The van der Waals surface area contributed by atoms with Gasteiger partial charge in [0.25, 0.3) is 0 Å². The number of halogens is 1. The maximum absolute atomic E-state index is 6.13. The Morgan fingerprint density at radius 2 is 1.61 bits per heavy atom. The molecule has 2 N–H and O–H groups in total. The van der Waals surface area contributed by atoms with Crippen molar-refractivity contribution >= 4 is 40.2 Å². The minimum absolute atomic E-state index is 0.683. The molecule has 2 rings (SSSR count). The van der Waals surface area contributed by atoms with E-state index in [4.69, 9.17) is 23.8 Å². The Morgan fingerprint density at radius 3 is 2.28 bits per heavy atom. The van der Waals surface area contributed by atoms with Crippen LogP contribution in [0.4, 0.5) is 11.4 Å². The second-order valence-corrected chi connectivity index (χ2v) is 4.55. The first-order valence-corrected chi connectivity index (χ1v) is 6.33. The highest BCUT2D eigenvalue weighted by atomic mass is 35.5. The minimum atomic E-state index is 0.683. The minimum Gasteiger partial charge on any atom is -0.379 e. The van der Waals surface area contributed by atoms with Gasteiger partial charge in [0, 0.05) is 18.3 Å². The third-order valence-electron chi connectivity index (χ3n) is 2.54. The van der Waals surface area contributed by atoms with E-state index in [0.29, 0.717) is 10.0 Å². The largest absolute Gasteiger partial charge is 0.379 e. The van der Waals surface area contributed by atoms with Gasteiger partial charge in [-0.05, 0) is 24.3 Å². The smallest absolute Gasteiger partial charge is 0.108 e. The molecule has 0 aliphatic rings. The van der Waals surface area contributed by atoms with Crippen LogP contribution in [-0.4, -0.2) is 12.0 Å². The highest BCUT2D eigenvalue weighted by molar-refractivity contribution is 7.80. The van der Waals surface area contributed by atoms with Gasteiger partial charge in [-0.2, -0.15) is 0 Å². The average Bonchev–Trinajstić information content (AvgIpc) is 2.41. The van der Waals surface area contributed by atoms with Crippen LogP contribution >= 0.6 is 23.8 Å². The van der Waals surface area contributed by atoms with Gasteiger partial charge in [-0.15, -0.1) is 0 Å². The van der Waals surface area contributed by atoms with Crippen molar-refractivity contribution in [2.24, 2.45) is 0 Å². The zero-order chi connectivity index (χ0) is 13.0. The van der Waals surface area contributed by atoms with Crippen molar-refractivity contribution in [3.05, 3.63) is 59.1 Å². The first-order valence-electron chi connectivity index (χ1n) is 5.55. The first kappa shape index (κ1) is 12.9. The quantitative estimate of drug-likeness (QED) is 0.830. The van der Waals surface area contributed by atoms with Crippen molar-refractivity contribution in [2.45, 2.75) is 0 Å². The Hall–Kier alpha value is -1.58. The Labute approximate surface area is 117 Å². The van der Waals surface area contributed by atoms with Gasteiger partial charge >= 0.3 is 0 Å². The molecule has 0 unspecified atom stereocenters. The van der Waals surface area contributed by atoms with Gasteiger partial charge in [0.05, 0.1) is 10.7 Å². The molecule has 0 heterocycles. The highest BCUT2D eigenvalue weighted by Crippen LogP contribution is 2.26. The molecule has 0 saturated heterocycles. The molecule has 0 fully saturated rings. The summed E-state index contributed by atoms with van der Waals surface area (Å²) in [5.41, 5.74) is 2.75. The third kappa shape index (κ3) is 2.81. The third-order valence-corrected chi connectivity index (χ3v) is 3.30. The van der Waals surface area contributed by atoms with Crippen molar-refractivity contribution < 1.29 is 0 Å². The topological polar surface area (TPSA) is 24.1 Å². The zero-order valence-corrected chi connectivity index (χ0v) is 11.5. The molecule has 0 spiro atoms. The summed E-state index contributed by atoms with van der Waals surface area (Å²) in [4.78, 5) is 0.699. The number of thiocarbonyl (C=S) groups is 1. The summed E-state index contributed by atoms with van der Waals surface area (Å²) in [6, 6.07) is 15.5. The number of nitrogens with one attached hydrogen (secondary N) is 2. The molecule has 0 amide bonds. The number of hydrogen-bond donors (Lipinski definition) is 2. The van der Waals surface area contributed by atoms with E-state index in [0.717, 1.165) is 16.9 Å². The normalized spacial score (nSPS) is 9.89. The molecule has 2 aromatic rings. The molecule has 4 heteroatoms. The van der Waals surface area contributed by atoms with E-state index < -0.39 is 0 Å². The van der Waals surface area contributed by atoms with Crippen LogP contribution in [-0.2, 0) is 0 Å². The molecule has 18 heavy (non-hydrogen) atoms. The molecular formula is C14H13ClN2S. The van der Waals surface area contributed by atoms with E-state index in [1.807, 2.05) is 55.6 Å². The number of rotatable bonds is 3. The predicted octanol–water partition coefficient (Wildman–Crippen LogP) is 3.98. The second-order valence-electron chi connectivity index (χ2n) is 3.73. The maximum Gasteiger partial charge on any atom is 0.108 e. The Balaban J connectivity index is 2.35. The highest BCUT2D eigenvalue weighted by Gasteiger charge is 2.07. The summed E-state index contributed by atoms with van der Waals surface area (Å²) in [7, 11) is 1.81. The SMILES string of the molecule is CNC(=S)c1ccccc1Nc1ccccc1Cl. The molecule has 0 aromatic heterocycles. The van der Waals surface area contributed by atoms with Crippen LogP contribution in [0.1, 0.15) is 5.56 Å². The monoisotopic (exact) mass is 276 g/mol. The maximum atomic E-state index is 6.13. The van der Waals surface area contributed by atoms with Crippen molar-refractivity contribution in [3.8, 4) is 0 Å². The number of benzene rings is 2. The lowest BCUT2D eigenvalue weighted by atomic mass is 10.1. The summed E-state index contributed by atoms with van der Waals surface area (Å²) < 4.78 is 0. The molecule has 0 radical (unpaired) electrons. The Morgan fingerprint density at radius 1 is 1.00 bits per heavy atom. The molecule has 2 aromatic carbocycles. The molecule has 2 nitrogen and oxygen atoms in total. The summed E-state index contributed by atoms with van der Waals surface area (Å²) in [6.07, 6.45) is 0. The van der Waals surface area contributed by atoms with Crippen LogP contribution in [0, 0.1) is 0 Å². The Kier molecular flexibility index (Phi) is 4.18. The molecule has 0 aliphatic carbocycles. The molecule has 92 valence electrons. The summed E-state index contributed by atoms with van der Waals surface area (Å²) in [6.45, 7) is 0. The van der Waals surface area contributed by atoms with Crippen molar-refractivity contribution in [3.63, 3.8) is 0 Å². The van der Waals surface area contributed by atoms with E-state index in [9.17, 15) is 0 Å². The second kappa shape index (κ2) is 5.85. The number of para-hydroxylation sites is 2. The fourth-order valence-electron chi connectivity index (χ4n) is 1.63. The van der Waals surface area contributed by atoms with Crippen molar-refractivity contribution in [1.82, 2.24) is 5.32 Å². The van der Waals surface area contributed by atoms with Gasteiger partial charge in [0.15, 0.2) is 0 Å². The predicted molar refractivity (Wildman–Crippen MR) is 81.9 cm³/mol. The van der Waals surface area contributed by atoms with E-state index >= 15 is 0 Å². The summed E-state index contributed by atoms with van der Waals surface area (Å²) in [5, 5.41) is 6.96. The average molecular weight is 277 g/mol. The molecule has 0 aliphatic heterocycles. The van der Waals surface area contributed by atoms with E-state index in [1.165, 1.54) is 0 Å². The van der Waals surface area contributed by atoms with Gasteiger partial charge < -0.3 is 10.6 Å². The lowest BCUT2D eigenvalue weighted by molar-refractivity contribution is 1.20. The van der Waals surface area contributed by atoms with Gasteiger partial charge in [0.2, 0.25) is 0 Å². The first-order chi connectivity index (χ1) is 8.72. The number of anilines is 2. The Bertz CT molecular complexity index is 569. The molecule has 0 saturated carbocycles. The van der Waals surface area contributed by atoms with Gasteiger partial charge in [-0.25, -0.2) is 0 Å². The lowest BCUT2D eigenvalue weighted by Gasteiger charge is -2.13. The lowest BCUT2D eigenvalue weighted by Crippen LogP contribution is -2.17. The summed E-state index contributed by atoms with van der Waals surface area (Å²) >= 11 is 11.4. The van der Waals surface area contributed by atoms with Gasteiger partial charge in [-0.1, -0.05) is 48.1 Å². The van der Waals surface area contributed by atoms with Crippen LogP contribution in [0.25, 0.3) is 0 Å². The standard InChI is InChI=1S/C14H13ClN2S/c1-16-14(18)10-6-2-4-8-12(10)17-13-9-5-3-7-11(13)15/h2-9,17H,1H3,(H,16,18). The summed E-state index contributed by atoms with van der Waals surface area (Å²) in [5.74, 6) is 0. The fraction of sp³-hybridized carbons (Fsp3) is 0.0714. The molecular weight excluding hydrogens is 264 g/mol. The van der Waals surface area contributed by atoms with E-state index in [-0.39, 0.29) is 0 Å². The van der Waals surface area contributed by atoms with Gasteiger partial charge in [-0.3, -0.25) is 0 Å². The zero-order valence-electron chi connectivity index (χ0n) is 9.91. The van der Waals surface area contributed by atoms with Crippen LogP contribution in [0.2, 0.25) is 5.02 Å². The van der Waals surface area contributed by atoms with Crippen LogP contribution in [0.15, 0.2) is 48.5 Å². The molecule has 0 atom stereocenters. The van der Waals surface area contributed by atoms with Crippen LogP contribution < -0.4 is 10.6 Å². The van der Waals surface area contributed by atoms with E-state index in [2.05, 4.69) is 10.6 Å². The molecule has 0 bridgehead atoms. The van der Waals surface area contributed by atoms with Crippen molar-refractivity contribution in [2.75, 3.05) is 12.4 Å². The fourth-order valence-corrected chi connectivity index (χ4v) is 1.99. The van der Waals surface area contributed by atoms with Crippen LogP contribution in [0.5, 0.6) is 0 Å².